The molecule has 8 bridgehead atoms. The summed E-state index contributed by atoms with van der Waals surface area (Å²) in [6.45, 7) is 12.4. The summed E-state index contributed by atoms with van der Waals surface area (Å²) in [5, 5.41) is 0. The first kappa shape index (κ1) is 35.5. The number of fused-ring (bicyclic) bond motifs is 8. The average Bonchev–Trinajstić information content (AvgIpc) is 3.95. The molecule has 0 atom stereocenters. The number of hydrogen-bond donors (Lipinski definition) is 0. The van der Waals surface area contributed by atoms with Crippen LogP contribution >= 0.6 is 0 Å². The molecule has 0 unspecified atom stereocenters. The monoisotopic (exact) mass is 748 g/mol. The van der Waals surface area contributed by atoms with E-state index in [1.54, 1.807) is 0 Å². The Labute approximate surface area is 318 Å². The summed E-state index contributed by atoms with van der Waals surface area (Å²) in [6.07, 6.45) is 12.0. The van der Waals surface area contributed by atoms with Gasteiger partial charge in [0, 0.05) is 27.1 Å². The van der Waals surface area contributed by atoms with Crippen LogP contribution in [-0.4, -0.2) is 34.2 Å². The molecule has 7 nitrogen and oxygen atoms in total. The average molecular weight is 750 g/mol. The van der Waals surface area contributed by atoms with Crippen LogP contribution in [0.5, 0.6) is 0 Å². The van der Waals surface area contributed by atoms with Crippen molar-refractivity contribution in [1.82, 2.24) is 29.5 Å². The minimum absolute atomic E-state index is 0. The molecule has 0 fully saturated rings. The maximum Gasteiger partial charge on any atom is 2.00 e. The molecule has 2 aromatic carbocycles. The van der Waals surface area contributed by atoms with Crippen LogP contribution in [0.15, 0.2) is 91.3 Å². The Kier molecular flexibility index (Phi) is 9.94. The van der Waals surface area contributed by atoms with E-state index in [1.807, 2.05) is 30.6 Å². The van der Waals surface area contributed by atoms with Crippen LogP contribution in [0.2, 0.25) is 25.7 Å². The van der Waals surface area contributed by atoms with Crippen LogP contribution < -0.4 is 9.97 Å². The van der Waals surface area contributed by atoms with Crippen molar-refractivity contribution in [3.05, 3.63) is 125 Å². The second kappa shape index (κ2) is 14.6. The molecule has 0 aliphatic carbocycles. The van der Waals surface area contributed by atoms with Crippen molar-refractivity contribution in [2.75, 3.05) is 6.61 Å². The Morgan fingerprint density at radius 3 is 1.60 bits per heavy atom. The summed E-state index contributed by atoms with van der Waals surface area (Å²) in [5.74, 6) is 0.754. The van der Waals surface area contributed by atoms with Crippen LogP contribution in [0.4, 0.5) is 0 Å². The van der Waals surface area contributed by atoms with Gasteiger partial charge < -0.3 is 19.3 Å². The number of aromatic nitrogens is 6. The van der Waals surface area contributed by atoms with Crippen molar-refractivity contribution < 1.29 is 24.2 Å². The van der Waals surface area contributed by atoms with Crippen molar-refractivity contribution >= 4 is 54.4 Å². The van der Waals surface area contributed by atoms with Crippen LogP contribution in [0.1, 0.15) is 33.9 Å². The first-order chi connectivity index (χ1) is 24.7. The van der Waals surface area contributed by atoms with Crippen LogP contribution in [0, 0.1) is 13.8 Å². The zero-order valence-electron chi connectivity index (χ0n) is 30.4. The van der Waals surface area contributed by atoms with E-state index in [2.05, 4.69) is 123 Å². The molecule has 254 valence electrons. The number of hydrogen-bond acceptors (Lipinski definition) is 4. The van der Waals surface area contributed by atoms with Gasteiger partial charge >= 0.3 is 19.5 Å². The van der Waals surface area contributed by atoms with Crippen LogP contribution in [0.25, 0.3) is 80.0 Å². The molecule has 0 N–H and O–H groups in total. The van der Waals surface area contributed by atoms with Gasteiger partial charge in [-0.05, 0) is 78.1 Å². The van der Waals surface area contributed by atoms with Gasteiger partial charge in [-0.3, -0.25) is 0 Å². The number of benzene rings is 2. The molecule has 0 radical (unpaired) electrons. The van der Waals surface area contributed by atoms with Crippen molar-refractivity contribution in [2.24, 2.45) is 0 Å². The molecule has 2 aliphatic heterocycles. The number of imidazole rings is 1. The fourth-order valence-corrected chi connectivity index (χ4v) is 7.22. The number of nitrogens with zero attached hydrogens (tertiary/aromatic N) is 6. The fourth-order valence-electron chi connectivity index (χ4n) is 6.47. The third-order valence-electron chi connectivity index (χ3n) is 9.28. The molecule has 9 heteroatoms. The van der Waals surface area contributed by atoms with E-state index in [4.69, 9.17) is 29.7 Å². The van der Waals surface area contributed by atoms with E-state index in [9.17, 15) is 0 Å². The maximum atomic E-state index is 6.23. The van der Waals surface area contributed by atoms with Gasteiger partial charge in [-0.15, -0.1) is 22.1 Å². The Hall–Kier alpha value is -4.95. The van der Waals surface area contributed by atoms with Crippen molar-refractivity contribution in [1.29, 1.82) is 0 Å². The summed E-state index contributed by atoms with van der Waals surface area (Å²) in [4.78, 5) is 25.7. The van der Waals surface area contributed by atoms with E-state index in [1.165, 1.54) is 11.1 Å². The zero-order valence-corrected chi connectivity index (χ0v) is 34.4. The van der Waals surface area contributed by atoms with Gasteiger partial charge in [0.25, 0.3) is 0 Å². The van der Waals surface area contributed by atoms with E-state index < -0.39 is 8.07 Å². The van der Waals surface area contributed by atoms with Gasteiger partial charge in [0.2, 0.25) is 0 Å². The fraction of sp³-hybridized carbons (Fsp3) is 0.186. The molecular weight excluding hydrogens is 710 g/mol. The molecule has 0 spiro atoms. The van der Waals surface area contributed by atoms with Gasteiger partial charge in [0.05, 0.1) is 22.8 Å². The van der Waals surface area contributed by atoms with Crippen molar-refractivity contribution in [3.8, 4) is 33.6 Å². The molecule has 52 heavy (non-hydrogen) atoms. The van der Waals surface area contributed by atoms with Crippen LogP contribution in [-0.2, 0) is 30.9 Å². The Morgan fingerprint density at radius 2 is 1.12 bits per heavy atom. The largest absolute Gasteiger partial charge is 2.00 e. The Bertz CT molecular complexity index is 2340. The van der Waals surface area contributed by atoms with E-state index >= 15 is 0 Å². The third kappa shape index (κ3) is 7.35. The molecule has 0 amide bonds. The third-order valence-corrected chi connectivity index (χ3v) is 11.0. The summed E-state index contributed by atoms with van der Waals surface area (Å²) >= 11 is 0. The maximum absolute atomic E-state index is 6.23. The molecule has 2 aliphatic rings. The topological polar surface area (TPSA) is 81.0 Å². The summed E-state index contributed by atoms with van der Waals surface area (Å²) in [6, 6.07) is 28.5. The SMILES string of the molecule is Cc1ccc(-c2c3nc(cc4nc(c(-c5ccc(C)cc5)c5ccc([n-]5)c(-c5nccn5COCC[Si](C)(C)C)c5ccc2[n-]5)C=C4)C=C3)cc1.[Zn+2]. The zero-order chi connectivity index (χ0) is 35.1. The van der Waals surface area contributed by atoms with E-state index in [0.29, 0.717) is 13.3 Å². The Balaban J connectivity index is 0.00000420. The molecule has 4 aromatic heterocycles. The predicted octanol–water partition coefficient (Wildman–Crippen LogP) is 10.0. The smallest absolute Gasteiger partial charge is 0.657 e. The minimum Gasteiger partial charge on any atom is -0.657 e. The van der Waals surface area contributed by atoms with E-state index in [-0.39, 0.29) is 19.5 Å². The van der Waals surface area contributed by atoms with Crippen molar-refractivity contribution in [3.63, 3.8) is 0 Å². The molecular formula is C43H40N6OSiZn. The summed E-state index contributed by atoms with van der Waals surface area (Å²) < 4.78 is 8.29. The van der Waals surface area contributed by atoms with Gasteiger partial charge in [-0.2, -0.15) is 0 Å². The molecule has 8 rings (SSSR count). The quantitative estimate of drug-likeness (QED) is 0.114. The van der Waals surface area contributed by atoms with Gasteiger partial charge in [-0.1, -0.05) is 104 Å². The van der Waals surface area contributed by atoms with Gasteiger partial charge in [0.1, 0.15) is 12.6 Å². The van der Waals surface area contributed by atoms with Gasteiger partial charge in [-0.25, -0.2) is 15.0 Å². The number of aryl methyl sites for hydroxylation is 2. The molecule has 6 aromatic rings. The van der Waals surface area contributed by atoms with Gasteiger partial charge in [0.15, 0.2) is 0 Å². The second-order valence-corrected chi connectivity index (χ2v) is 20.1. The van der Waals surface area contributed by atoms with E-state index in [0.717, 1.165) is 84.5 Å². The summed E-state index contributed by atoms with van der Waals surface area (Å²) in [5.41, 5.74) is 13.9. The summed E-state index contributed by atoms with van der Waals surface area (Å²) in [7, 11) is -1.24. The normalized spacial score (nSPS) is 12.3. The van der Waals surface area contributed by atoms with Crippen molar-refractivity contribution in [2.45, 2.75) is 46.3 Å². The standard InChI is InChI=1S/C43H40N6OSi.Zn/c1-28-6-10-30(11-7-28)40-34-16-14-32(45-34)26-33-15-17-35(46-33)41(31-12-8-29(2)9-13-31)37-19-21-39(48-37)42(38-20-18-36(40)47-38)43-44-22-23-49(43)27-50-24-25-51(3,4)5;/h6-23,26H,24-25,27H2,1-5H3;/q-2;+2. The van der Waals surface area contributed by atoms with Crippen LogP contribution in [0.3, 0.4) is 0 Å². The molecule has 0 saturated heterocycles. The minimum atomic E-state index is -1.24. The molecule has 6 heterocycles. The Morgan fingerprint density at radius 1 is 0.635 bits per heavy atom. The molecule has 0 saturated carbocycles. The number of ether oxygens (including phenoxy) is 1. The second-order valence-electron chi connectivity index (χ2n) is 14.5. The number of rotatable bonds is 8. The first-order valence-corrected chi connectivity index (χ1v) is 21.2. The first-order valence-electron chi connectivity index (χ1n) is 17.4. The predicted molar refractivity (Wildman–Crippen MR) is 212 cm³/mol.